The van der Waals surface area contributed by atoms with Crippen LogP contribution in [0.15, 0.2) is 6.07 Å². The van der Waals surface area contributed by atoms with Gasteiger partial charge < -0.3 is 13.6 Å². The molecule has 0 spiro atoms. The molecule has 0 fully saturated rings. The van der Waals surface area contributed by atoms with Gasteiger partial charge in [0.1, 0.15) is 0 Å². The van der Waals surface area contributed by atoms with Crippen molar-refractivity contribution < 1.29 is 18.1 Å². The molecule has 13 heavy (non-hydrogen) atoms. The van der Waals surface area contributed by atoms with Gasteiger partial charge in [-0.05, 0) is 31.0 Å². The Bertz CT molecular complexity index is 460. The van der Waals surface area contributed by atoms with Crippen LogP contribution in [0.3, 0.4) is 0 Å². The topological polar surface area (TPSA) is 44.8 Å². The summed E-state index contributed by atoms with van der Waals surface area (Å²) in [7, 11) is -3.29. The lowest BCUT2D eigenvalue weighted by Gasteiger charge is -2.12. The van der Waals surface area contributed by atoms with Crippen molar-refractivity contribution in [2.75, 3.05) is 0 Å². The maximum absolute atomic E-state index is 11.5. The zero-order valence-corrected chi connectivity index (χ0v) is 8.05. The van der Waals surface area contributed by atoms with Crippen LogP contribution >= 0.6 is 7.82 Å². The molecule has 0 radical (unpaired) electrons. The molecule has 68 valence electrons. The first-order chi connectivity index (χ1) is 6.09. The second kappa shape index (κ2) is 1.85. The molecular weight excluding hydrogens is 191 g/mol. The van der Waals surface area contributed by atoms with Crippen molar-refractivity contribution in [2.45, 2.75) is 13.8 Å². The van der Waals surface area contributed by atoms with E-state index in [0.29, 0.717) is 17.2 Å². The Kier molecular flexibility index (Phi) is 1.04. The van der Waals surface area contributed by atoms with Gasteiger partial charge in [0.25, 0.3) is 0 Å². The lowest BCUT2D eigenvalue weighted by Crippen LogP contribution is -1.99. The molecule has 2 heterocycles. The Hall–Kier alpha value is -1.15. The van der Waals surface area contributed by atoms with E-state index in [2.05, 4.69) is 0 Å². The summed E-state index contributed by atoms with van der Waals surface area (Å²) in [5.74, 6) is 1.60. The molecular formula is C8H7O4P. The van der Waals surface area contributed by atoms with E-state index in [4.69, 9.17) is 13.6 Å². The lowest BCUT2D eigenvalue weighted by molar-refractivity contribution is 0.353. The van der Waals surface area contributed by atoms with Crippen molar-refractivity contribution in [1.29, 1.82) is 0 Å². The van der Waals surface area contributed by atoms with Crippen molar-refractivity contribution in [1.82, 2.24) is 0 Å². The molecule has 3 rings (SSSR count). The van der Waals surface area contributed by atoms with Crippen LogP contribution in [0.5, 0.6) is 17.2 Å². The van der Waals surface area contributed by atoms with Crippen molar-refractivity contribution in [3.8, 4) is 17.2 Å². The number of phosphoric ester groups is 1. The third-order valence-corrected chi connectivity index (χ3v) is 3.56. The summed E-state index contributed by atoms with van der Waals surface area (Å²) >= 11 is 0. The SMILES string of the molecule is Cc1cc2c3c(c1C)OP(=O)(O2)O3. The van der Waals surface area contributed by atoms with Gasteiger partial charge >= 0.3 is 7.82 Å². The summed E-state index contributed by atoms with van der Waals surface area (Å²) in [6.45, 7) is 3.85. The Morgan fingerprint density at radius 2 is 1.85 bits per heavy atom. The first-order valence-corrected chi connectivity index (χ1v) is 5.38. The zero-order chi connectivity index (χ0) is 9.22. The Balaban J connectivity index is 2.39. The van der Waals surface area contributed by atoms with E-state index in [1.165, 1.54) is 0 Å². The molecule has 2 aliphatic rings. The van der Waals surface area contributed by atoms with Crippen LogP contribution in [0, 0.1) is 13.8 Å². The fraction of sp³-hybridized carbons (Fsp3) is 0.250. The molecule has 1 unspecified atom stereocenters. The third kappa shape index (κ3) is 0.742. The number of hydrogen-bond acceptors (Lipinski definition) is 4. The minimum absolute atomic E-state index is 0.492. The van der Waals surface area contributed by atoms with Gasteiger partial charge in [-0.25, -0.2) is 0 Å². The fourth-order valence-corrected chi connectivity index (χ4v) is 2.82. The average molecular weight is 198 g/mol. The van der Waals surface area contributed by atoms with Gasteiger partial charge in [0.2, 0.25) is 5.75 Å². The molecule has 0 saturated carbocycles. The molecule has 2 bridgehead atoms. The first kappa shape index (κ1) is 7.27. The molecule has 1 aromatic rings. The lowest BCUT2D eigenvalue weighted by atomic mass is 10.1. The van der Waals surface area contributed by atoms with Crippen LogP contribution in [0.4, 0.5) is 0 Å². The number of hydrogen-bond donors (Lipinski definition) is 0. The first-order valence-electron chi connectivity index (χ1n) is 3.92. The highest BCUT2D eigenvalue weighted by molar-refractivity contribution is 7.50. The highest BCUT2D eigenvalue weighted by atomic mass is 31.2. The molecule has 0 N–H and O–H groups in total. The number of phosphoric acid groups is 1. The minimum Gasteiger partial charge on any atom is -0.382 e. The van der Waals surface area contributed by atoms with Crippen LogP contribution in [0.1, 0.15) is 11.1 Å². The minimum atomic E-state index is -3.29. The van der Waals surface area contributed by atoms with Gasteiger partial charge in [0.05, 0.1) is 0 Å². The monoisotopic (exact) mass is 198 g/mol. The zero-order valence-electron chi connectivity index (χ0n) is 7.16. The normalized spacial score (nSPS) is 26.6. The van der Waals surface area contributed by atoms with Crippen LogP contribution in [-0.4, -0.2) is 0 Å². The Morgan fingerprint density at radius 3 is 2.54 bits per heavy atom. The molecule has 0 saturated heterocycles. The standard InChI is InChI=1S/C8H7O4P/c1-4-3-6-8-7(5(4)2)11-13(9,10-6)12-8/h3H,1-2H3. The summed E-state index contributed by atoms with van der Waals surface area (Å²) in [5, 5.41) is 0. The summed E-state index contributed by atoms with van der Waals surface area (Å²) in [4.78, 5) is 0. The largest absolute Gasteiger partial charge is 0.647 e. The third-order valence-electron chi connectivity index (χ3n) is 2.33. The van der Waals surface area contributed by atoms with E-state index in [1.54, 1.807) is 0 Å². The molecule has 4 nitrogen and oxygen atoms in total. The van der Waals surface area contributed by atoms with Crippen molar-refractivity contribution in [3.05, 3.63) is 17.2 Å². The summed E-state index contributed by atoms with van der Waals surface area (Å²) < 4.78 is 26.7. The number of fused-ring (bicyclic) bond motifs is 1. The summed E-state index contributed by atoms with van der Waals surface area (Å²) in [6, 6.07) is 1.82. The number of benzene rings is 1. The molecule has 1 atom stereocenters. The van der Waals surface area contributed by atoms with Crippen LogP contribution < -0.4 is 13.6 Å². The smallest absolute Gasteiger partial charge is 0.382 e. The van der Waals surface area contributed by atoms with Crippen LogP contribution in [-0.2, 0) is 4.57 Å². The van der Waals surface area contributed by atoms with Crippen LogP contribution in [0.25, 0.3) is 0 Å². The van der Waals surface area contributed by atoms with E-state index < -0.39 is 7.82 Å². The maximum atomic E-state index is 11.5. The van der Waals surface area contributed by atoms with Gasteiger partial charge in [-0.15, -0.1) is 0 Å². The average Bonchev–Trinajstić information content (AvgIpc) is 2.53. The fourth-order valence-electron chi connectivity index (χ4n) is 1.50. The van der Waals surface area contributed by atoms with E-state index >= 15 is 0 Å². The molecule has 0 aliphatic carbocycles. The van der Waals surface area contributed by atoms with Crippen LogP contribution in [0.2, 0.25) is 0 Å². The molecule has 0 aromatic heterocycles. The predicted octanol–water partition coefficient (Wildman–Crippen LogP) is 2.58. The Morgan fingerprint density at radius 1 is 1.15 bits per heavy atom. The van der Waals surface area contributed by atoms with Crippen molar-refractivity contribution in [3.63, 3.8) is 0 Å². The second-order valence-corrected chi connectivity index (χ2v) is 4.64. The van der Waals surface area contributed by atoms with E-state index in [0.717, 1.165) is 11.1 Å². The number of rotatable bonds is 0. The maximum Gasteiger partial charge on any atom is 0.647 e. The van der Waals surface area contributed by atoms with Crippen molar-refractivity contribution in [2.24, 2.45) is 0 Å². The highest BCUT2D eigenvalue weighted by Crippen LogP contribution is 2.69. The van der Waals surface area contributed by atoms with Gasteiger partial charge in [0.15, 0.2) is 11.5 Å². The summed E-state index contributed by atoms with van der Waals surface area (Å²) in [5.41, 5.74) is 2.00. The molecule has 2 aliphatic heterocycles. The number of aryl methyl sites for hydroxylation is 1. The van der Waals surface area contributed by atoms with E-state index in [-0.39, 0.29) is 0 Å². The molecule has 0 amide bonds. The molecule has 1 aromatic carbocycles. The van der Waals surface area contributed by atoms with Gasteiger partial charge in [-0.3, -0.25) is 0 Å². The second-order valence-electron chi connectivity index (χ2n) is 3.20. The Labute approximate surface area is 75.0 Å². The van der Waals surface area contributed by atoms with Gasteiger partial charge in [-0.1, -0.05) is 0 Å². The van der Waals surface area contributed by atoms with E-state index in [9.17, 15) is 4.57 Å². The highest BCUT2D eigenvalue weighted by Gasteiger charge is 2.50. The molecule has 5 heteroatoms. The summed E-state index contributed by atoms with van der Waals surface area (Å²) in [6.07, 6.45) is 0. The van der Waals surface area contributed by atoms with Crippen molar-refractivity contribution >= 4 is 7.82 Å². The predicted molar refractivity (Wildman–Crippen MR) is 45.4 cm³/mol. The van der Waals surface area contributed by atoms with Gasteiger partial charge in [-0.2, -0.15) is 4.57 Å². The van der Waals surface area contributed by atoms with Gasteiger partial charge in [0, 0.05) is 0 Å². The quantitative estimate of drug-likeness (QED) is 0.601. The van der Waals surface area contributed by atoms with E-state index in [1.807, 2.05) is 19.9 Å².